The lowest BCUT2D eigenvalue weighted by Gasteiger charge is -2.42. The highest BCUT2D eigenvalue weighted by Crippen LogP contribution is 2.45. The number of carbonyl (C=O) groups is 3. The fourth-order valence-electron chi connectivity index (χ4n) is 4.30. The van der Waals surface area contributed by atoms with Gasteiger partial charge in [0, 0.05) is 17.9 Å². The summed E-state index contributed by atoms with van der Waals surface area (Å²) < 4.78 is 10.5. The number of phenolic OH excluding ortho intramolecular Hbond substituents is 1. The van der Waals surface area contributed by atoms with Crippen molar-refractivity contribution in [1.29, 1.82) is 0 Å². The van der Waals surface area contributed by atoms with Crippen LogP contribution in [0.1, 0.15) is 68.9 Å². The van der Waals surface area contributed by atoms with E-state index in [1.54, 1.807) is 13.8 Å². The highest BCUT2D eigenvalue weighted by molar-refractivity contribution is 6.33. The van der Waals surface area contributed by atoms with Crippen molar-refractivity contribution in [3.05, 3.63) is 45.5 Å². The van der Waals surface area contributed by atoms with E-state index >= 15 is 0 Å². The van der Waals surface area contributed by atoms with Gasteiger partial charge in [0.1, 0.15) is 17.3 Å². The number of aromatic hydroxyl groups is 1. The Kier molecular flexibility index (Phi) is 9.51. The molecular formula is C27H35ClO6. The number of allylic oxidation sites excluding steroid dienone is 4. The van der Waals surface area contributed by atoms with E-state index in [0.717, 1.165) is 12.0 Å². The summed E-state index contributed by atoms with van der Waals surface area (Å²) in [7, 11) is 0. The molecule has 1 aliphatic rings. The molecule has 6 nitrogen and oxygen atoms in total. The Hall–Kier alpha value is -2.60. The zero-order valence-electron chi connectivity index (χ0n) is 20.9. The summed E-state index contributed by atoms with van der Waals surface area (Å²) >= 11 is 6.44. The van der Waals surface area contributed by atoms with Crippen molar-refractivity contribution in [2.24, 2.45) is 17.3 Å². The first-order chi connectivity index (χ1) is 16.0. The lowest BCUT2D eigenvalue weighted by atomic mass is 9.61. The normalized spacial score (nSPS) is 23.3. The van der Waals surface area contributed by atoms with Crippen molar-refractivity contribution in [3.63, 3.8) is 0 Å². The molecule has 0 saturated heterocycles. The smallest absolute Gasteiger partial charge is 0.344 e. The third kappa shape index (κ3) is 5.90. The van der Waals surface area contributed by atoms with Crippen LogP contribution in [-0.4, -0.2) is 36.4 Å². The monoisotopic (exact) mass is 490 g/mol. The molecule has 2 rings (SSSR count). The number of ether oxygens (including phenoxy) is 2. The van der Waals surface area contributed by atoms with Crippen molar-refractivity contribution >= 4 is 29.6 Å². The van der Waals surface area contributed by atoms with E-state index in [9.17, 15) is 19.5 Å². The van der Waals surface area contributed by atoms with Gasteiger partial charge in [0.2, 0.25) is 0 Å². The molecule has 0 aromatic heterocycles. The Balaban J connectivity index is 2.36. The quantitative estimate of drug-likeness (QED) is 0.267. The molecule has 1 aromatic carbocycles. The van der Waals surface area contributed by atoms with Gasteiger partial charge in [-0.05, 0) is 50.5 Å². The second-order valence-electron chi connectivity index (χ2n) is 9.20. The number of phenols is 1. The van der Waals surface area contributed by atoms with Gasteiger partial charge in [0.25, 0.3) is 0 Å². The first-order valence-electron chi connectivity index (χ1n) is 11.6. The van der Waals surface area contributed by atoms with Crippen molar-refractivity contribution in [1.82, 2.24) is 0 Å². The fraction of sp³-hybridized carbons (Fsp3) is 0.519. The third-order valence-corrected chi connectivity index (χ3v) is 7.60. The van der Waals surface area contributed by atoms with Crippen LogP contribution in [0.2, 0.25) is 5.02 Å². The third-order valence-electron chi connectivity index (χ3n) is 7.14. The zero-order chi connectivity index (χ0) is 25.6. The predicted octanol–water partition coefficient (Wildman–Crippen LogP) is 5.79. The minimum atomic E-state index is -0.561. The highest BCUT2D eigenvalue weighted by Gasteiger charge is 2.41. The molecule has 0 heterocycles. The minimum Gasteiger partial charge on any atom is -0.507 e. The molecule has 3 atom stereocenters. The second kappa shape index (κ2) is 11.7. The number of halogens is 1. The largest absolute Gasteiger partial charge is 0.507 e. The first kappa shape index (κ1) is 27.6. The number of ketones is 1. The van der Waals surface area contributed by atoms with Gasteiger partial charge in [-0.1, -0.05) is 56.2 Å². The molecule has 0 aliphatic heterocycles. The maximum Gasteiger partial charge on any atom is 0.344 e. The van der Waals surface area contributed by atoms with Crippen LogP contribution in [0.4, 0.5) is 0 Å². The molecule has 0 unspecified atom stereocenters. The lowest BCUT2D eigenvalue weighted by Crippen LogP contribution is -2.40. The molecule has 1 N–H and O–H groups in total. The van der Waals surface area contributed by atoms with E-state index in [4.69, 9.17) is 21.1 Å². The summed E-state index contributed by atoms with van der Waals surface area (Å²) in [4.78, 5) is 35.6. The van der Waals surface area contributed by atoms with Crippen LogP contribution < -0.4 is 4.74 Å². The number of aldehydes is 1. The average Bonchev–Trinajstić information content (AvgIpc) is 2.80. The molecule has 1 fully saturated rings. The first-order valence-corrected chi connectivity index (χ1v) is 12.0. The molecule has 0 amide bonds. The SMILES string of the molecule is CCOC(=O)COc1c(Cl)c(C)c(C=O)c(O)c1C/C=C(C)/C=C/[C@]1(C)[C@H](C)C(=O)CC[C@@H]1C. The molecular weight excluding hydrogens is 456 g/mol. The van der Waals surface area contributed by atoms with Crippen molar-refractivity contribution < 1.29 is 29.0 Å². The maximum atomic E-state index is 12.3. The molecule has 34 heavy (non-hydrogen) atoms. The van der Waals surface area contributed by atoms with E-state index in [2.05, 4.69) is 19.9 Å². The molecule has 0 radical (unpaired) electrons. The summed E-state index contributed by atoms with van der Waals surface area (Å²) in [6.45, 7) is 11.3. The fourth-order valence-corrected chi connectivity index (χ4v) is 4.57. The van der Waals surface area contributed by atoms with Crippen LogP contribution in [-0.2, 0) is 20.7 Å². The molecule has 7 heteroatoms. The summed E-state index contributed by atoms with van der Waals surface area (Å²) in [5.74, 6) is -0.0306. The van der Waals surface area contributed by atoms with Gasteiger partial charge in [-0.25, -0.2) is 4.79 Å². The Bertz CT molecular complexity index is 1010. The predicted molar refractivity (Wildman–Crippen MR) is 133 cm³/mol. The average molecular weight is 491 g/mol. The Labute approximate surface area is 207 Å². The van der Waals surface area contributed by atoms with Gasteiger partial charge < -0.3 is 14.6 Å². The minimum absolute atomic E-state index is 0.0571. The number of hydrogen-bond acceptors (Lipinski definition) is 6. The van der Waals surface area contributed by atoms with Crippen LogP contribution in [0.25, 0.3) is 0 Å². The van der Waals surface area contributed by atoms with E-state index in [0.29, 0.717) is 29.8 Å². The Morgan fingerprint density at radius 2 is 2.00 bits per heavy atom. The number of Topliss-reactive ketones (excluding diaryl/α,β-unsaturated/α-hetero) is 1. The highest BCUT2D eigenvalue weighted by atomic mass is 35.5. The maximum absolute atomic E-state index is 12.3. The van der Waals surface area contributed by atoms with Crippen LogP contribution in [0.5, 0.6) is 11.5 Å². The second-order valence-corrected chi connectivity index (χ2v) is 9.58. The van der Waals surface area contributed by atoms with E-state index in [1.165, 1.54) is 0 Å². The number of carbonyl (C=O) groups excluding carboxylic acids is 3. The number of benzene rings is 1. The van der Waals surface area contributed by atoms with Crippen molar-refractivity contribution in [2.75, 3.05) is 13.2 Å². The molecule has 0 bridgehead atoms. The van der Waals surface area contributed by atoms with Crippen LogP contribution in [0, 0.1) is 24.2 Å². The summed E-state index contributed by atoms with van der Waals surface area (Å²) in [5, 5.41) is 10.9. The van der Waals surface area contributed by atoms with Crippen LogP contribution in [0.3, 0.4) is 0 Å². The molecule has 0 spiro atoms. The van der Waals surface area contributed by atoms with Gasteiger partial charge in [-0.15, -0.1) is 0 Å². The topological polar surface area (TPSA) is 89.9 Å². The lowest BCUT2D eigenvalue weighted by molar-refractivity contribution is -0.145. The van der Waals surface area contributed by atoms with Crippen molar-refractivity contribution in [3.8, 4) is 11.5 Å². The van der Waals surface area contributed by atoms with Crippen molar-refractivity contribution in [2.45, 2.75) is 60.8 Å². The van der Waals surface area contributed by atoms with E-state index < -0.39 is 5.97 Å². The van der Waals surface area contributed by atoms with E-state index in [1.807, 2.05) is 26.0 Å². The van der Waals surface area contributed by atoms with Gasteiger partial charge in [0.05, 0.1) is 17.2 Å². The standard InChI is InChI=1S/C27H35ClO6/c1-7-33-23(31)15-34-26-20(25(32)21(14-29)18(4)24(26)28)10-8-16(2)12-13-27(6)17(3)9-11-22(30)19(27)5/h8,12-14,17,19,32H,7,9-11,15H2,1-6H3/b13-12+,16-8+/t17-,19+,27-/m0/s1. The summed E-state index contributed by atoms with van der Waals surface area (Å²) in [5.41, 5.74) is 1.45. The van der Waals surface area contributed by atoms with Gasteiger partial charge in [-0.2, -0.15) is 0 Å². The number of hydrogen-bond donors (Lipinski definition) is 1. The number of rotatable bonds is 9. The van der Waals surface area contributed by atoms with E-state index in [-0.39, 0.29) is 58.8 Å². The van der Waals surface area contributed by atoms with Gasteiger partial charge >= 0.3 is 5.97 Å². The van der Waals surface area contributed by atoms with Gasteiger partial charge in [0.15, 0.2) is 12.9 Å². The Morgan fingerprint density at radius 3 is 2.62 bits per heavy atom. The molecule has 186 valence electrons. The molecule has 1 aliphatic carbocycles. The Morgan fingerprint density at radius 1 is 1.32 bits per heavy atom. The zero-order valence-corrected chi connectivity index (χ0v) is 21.6. The van der Waals surface area contributed by atoms with Gasteiger partial charge in [-0.3, -0.25) is 9.59 Å². The summed E-state index contributed by atoms with van der Waals surface area (Å²) in [6.07, 6.45) is 8.24. The molecule has 1 saturated carbocycles. The molecule has 1 aromatic rings. The summed E-state index contributed by atoms with van der Waals surface area (Å²) in [6, 6.07) is 0. The van der Waals surface area contributed by atoms with Crippen LogP contribution >= 0.6 is 11.6 Å². The van der Waals surface area contributed by atoms with Crippen LogP contribution in [0.15, 0.2) is 23.8 Å². The number of esters is 1.